The second kappa shape index (κ2) is 9.38. The molecule has 0 aliphatic carbocycles. The van der Waals surface area contributed by atoms with Gasteiger partial charge < -0.3 is 14.5 Å². The Morgan fingerprint density at radius 3 is 2.48 bits per heavy atom. The number of hydrogen-bond acceptors (Lipinski definition) is 7. The molecule has 0 unspecified atom stereocenters. The molecule has 0 aliphatic rings. The van der Waals surface area contributed by atoms with Crippen LogP contribution in [0.25, 0.3) is 11.3 Å². The maximum Gasteiger partial charge on any atom is 0.263 e. The van der Waals surface area contributed by atoms with Crippen molar-refractivity contribution >= 4 is 39.3 Å². The van der Waals surface area contributed by atoms with Gasteiger partial charge in [0.05, 0.1) is 17.6 Å². The number of halogens is 2. The molecule has 1 amide bonds. The average Bonchev–Trinajstić information content (AvgIpc) is 3.19. The highest BCUT2D eigenvalue weighted by molar-refractivity contribution is 7.92. The van der Waals surface area contributed by atoms with Gasteiger partial charge in [-0.05, 0) is 75.0 Å². The number of nitrogens with zero attached hydrogens (tertiary/aromatic N) is 1. The molecule has 3 N–H and O–H groups in total. The fourth-order valence-electron chi connectivity index (χ4n) is 2.70. The van der Waals surface area contributed by atoms with E-state index < -0.39 is 27.3 Å². The SMILES string of the molecule is COc1ccc(NC(=O)C(C)(C)NCl)nc1NS(=O)(=O)c1ccc(-c2ccc(C)o2)c(F)c1. The molecule has 0 bridgehead atoms. The summed E-state index contributed by atoms with van der Waals surface area (Å²) in [7, 11) is -2.92. The number of carbonyl (C=O) groups excluding carboxylic acids is 1. The summed E-state index contributed by atoms with van der Waals surface area (Å²) in [6, 6.07) is 9.55. The molecular formula is C21H22ClFN4O5S. The molecule has 12 heteroatoms. The van der Waals surface area contributed by atoms with Gasteiger partial charge in [-0.15, -0.1) is 0 Å². The Morgan fingerprint density at radius 1 is 1.18 bits per heavy atom. The van der Waals surface area contributed by atoms with E-state index in [1.807, 2.05) is 0 Å². The monoisotopic (exact) mass is 496 g/mol. The van der Waals surface area contributed by atoms with E-state index in [-0.39, 0.29) is 33.6 Å². The summed E-state index contributed by atoms with van der Waals surface area (Å²) in [6.45, 7) is 4.81. The van der Waals surface area contributed by atoms with Gasteiger partial charge in [0, 0.05) is 0 Å². The minimum atomic E-state index is -4.25. The predicted molar refractivity (Wildman–Crippen MR) is 122 cm³/mol. The van der Waals surface area contributed by atoms with Crippen LogP contribution in [0.2, 0.25) is 0 Å². The molecule has 2 heterocycles. The second-order valence-corrected chi connectivity index (χ2v) is 9.45. The standard InChI is InChI=1S/C21H22ClFN4O5S/c1-12-5-8-16(32-12)14-7-6-13(11-15(14)23)33(29,30)26-19-17(31-4)9-10-18(24-19)25-20(28)21(2,3)27-22/h5-11,27H,1-4H3,(H2,24,25,26,28). The fraction of sp³-hybridized carbons (Fsp3) is 0.238. The van der Waals surface area contributed by atoms with Gasteiger partial charge in [-0.1, -0.05) is 0 Å². The largest absolute Gasteiger partial charge is 0.493 e. The Bertz CT molecular complexity index is 1290. The summed E-state index contributed by atoms with van der Waals surface area (Å²) >= 11 is 5.57. The van der Waals surface area contributed by atoms with Gasteiger partial charge in [0.25, 0.3) is 10.0 Å². The second-order valence-electron chi connectivity index (χ2n) is 7.58. The van der Waals surface area contributed by atoms with Crippen LogP contribution in [0.15, 0.2) is 51.8 Å². The molecule has 1 aromatic carbocycles. The van der Waals surface area contributed by atoms with Gasteiger partial charge >= 0.3 is 0 Å². The van der Waals surface area contributed by atoms with Crippen molar-refractivity contribution in [2.45, 2.75) is 31.2 Å². The average molecular weight is 497 g/mol. The summed E-state index contributed by atoms with van der Waals surface area (Å²) in [5.74, 6) is -0.458. The first-order valence-electron chi connectivity index (χ1n) is 9.60. The van der Waals surface area contributed by atoms with Crippen LogP contribution in [0.1, 0.15) is 19.6 Å². The van der Waals surface area contributed by atoms with Crippen LogP contribution in [0, 0.1) is 12.7 Å². The number of furan rings is 1. The number of aromatic nitrogens is 1. The first-order valence-corrected chi connectivity index (χ1v) is 11.5. The molecule has 3 rings (SSSR count). The normalized spacial score (nSPS) is 11.8. The molecular weight excluding hydrogens is 475 g/mol. The number of amides is 1. The molecule has 0 spiro atoms. The summed E-state index contributed by atoms with van der Waals surface area (Å²) in [6.07, 6.45) is 0. The van der Waals surface area contributed by atoms with Crippen molar-refractivity contribution in [3.8, 4) is 17.1 Å². The number of anilines is 2. The molecule has 0 aliphatic heterocycles. The highest BCUT2D eigenvalue weighted by Gasteiger charge is 2.27. The third-order valence-corrected chi connectivity index (χ3v) is 6.42. The lowest BCUT2D eigenvalue weighted by molar-refractivity contribution is -0.120. The van der Waals surface area contributed by atoms with Gasteiger partial charge in [-0.25, -0.2) is 22.6 Å². The highest BCUT2D eigenvalue weighted by Crippen LogP contribution is 2.30. The van der Waals surface area contributed by atoms with Crippen molar-refractivity contribution in [2.24, 2.45) is 0 Å². The number of carbonyl (C=O) groups is 1. The lowest BCUT2D eigenvalue weighted by atomic mass is 10.1. The molecule has 0 atom stereocenters. The molecule has 0 saturated carbocycles. The number of ether oxygens (including phenoxy) is 1. The van der Waals surface area contributed by atoms with E-state index in [0.29, 0.717) is 5.76 Å². The van der Waals surface area contributed by atoms with Crippen LogP contribution in [-0.2, 0) is 14.8 Å². The first kappa shape index (κ1) is 24.5. The Morgan fingerprint density at radius 2 is 1.91 bits per heavy atom. The van der Waals surface area contributed by atoms with Crippen molar-refractivity contribution in [3.05, 3.63) is 54.0 Å². The minimum absolute atomic E-state index is 0.0493. The number of benzene rings is 1. The van der Waals surface area contributed by atoms with E-state index in [0.717, 1.165) is 6.07 Å². The zero-order chi connectivity index (χ0) is 24.4. The lowest BCUT2D eigenvalue weighted by Crippen LogP contribution is -2.45. The van der Waals surface area contributed by atoms with E-state index in [1.54, 1.807) is 32.9 Å². The number of hydrogen-bond donors (Lipinski definition) is 3. The van der Waals surface area contributed by atoms with Crippen molar-refractivity contribution in [2.75, 3.05) is 17.1 Å². The van der Waals surface area contributed by atoms with Crippen molar-refractivity contribution < 1.29 is 26.8 Å². The summed E-state index contributed by atoms with van der Waals surface area (Å²) < 4.78 is 53.3. The van der Waals surface area contributed by atoms with Crippen LogP contribution in [0.5, 0.6) is 5.75 Å². The molecule has 0 fully saturated rings. The maximum atomic E-state index is 14.7. The Balaban J connectivity index is 1.90. The number of rotatable bonds is 8. The van der Waals surface area contributed by atoms with Crippen LogP contribution < -0.4 is 19.6 Å². The fourth-order valence-corrected chi connectivity index (χ4v) is 3.81. The Hall–Kier alpha value is -3.15. The quantitative estimate of drug-likeness (QED) is 0.402. The first-order chi connectivity index (χ1) is 15.5. The van der Waals surface area contributed by atoms with E-state index in [1.165, 1.54) is 31.4 Å². The summed E-state index contributed by atoms with van der Waals surface area (Å²) in [5, 5.41) is 2.53. The minimum Gasteiger partial charge on any atom is -0.493 e. The van der Waals surface area contributed by atoms with E-state index in [4.69, 9.17) is 20.9 Å². The third kappa shape index (κ3) is 5.44. The number of pyridine rings is 1. The molecule has 9 nitrogen and oxygen atoms in total. The van der Waals surface area contributed by atoms with E-state index in [9.17, 15) is 17.6 Å². The lowest BCUT2D eigenvalue weighted by Gasteiger charge is -2.21. The number of methoxy groups -OCH3 is 1. The molecule has 0 radical (unpaired) electrons. The maximum absolute atomic E-state index is 14.7. The number of aryl methyl sites for hydroxylation is 1. The van der Waals surface area contributed by atoms with Crippen molar-refractivity contribution in [1.82, 2.24) is 9.82 Å². The Labute approximate surface area is 195 Å². The molecule has 176 valence electrons. The Kier molecular flexibility index (Phi) is 6.96. The molecule has 33 heavy (non-hydrogen) atoms. The zero-order valence-electron chi connectivity index (χ0n) is 18.2. The van der Waals surface area contributed by atoms with Crippen LogP contribution in [0.3, 0.4) is 0 Å². The smallest absolute Gasteiger partial charge is 0.263 e. The van der Waals surface area contributed by atoms with Crippen molar-refractivity contribution in [3.63, 3.8) is 0 Å². The van der Waals surface area contributed by atoms with Crippen molar-refractivity contribution in [1.29, 1.82) is 0 Å². The highest BCUT2D eigenvalue weighted by atomic mass is 35.5. The van der Waals surface area contributed by atoms with Gasteiger partial charge in [0.15, 0.2) is 11.6 Å². The topological polar surface area (TPSA) is 123 Å². The van der Waals surface area contributed by atoms with E-state index >= 15 is 0 Å². The van der Waals surface area contributed by atoms with Gasteiger partial charge in [0.1, 0.15) is 28.7 Å². The van der Waals surface area contributed by atoms with Crippen LogP contribution >= 0.6 is 11.8 Å². The predicted octanol–water partition coefficient (Wildman–Crippen LogP) is 4.06. The summed E-state index contributed by atoms with van der Waals surface area (Å²) in [5.41, 5.74) is -0.993. The summed E-state index contributed by atoms with van der Waals surface area (Å²) in [4.78, 5) is 18.4. The molecule has 3 aromatic rings. The van der Waals surface area contributed by atoms with Crippen LogP contribution in [-0.4, -0.2) is 32.0 Å². The molecule has 2 aromatic heterocycles. The number of nitrogens with one attached hydrogen (secondary N) is 3. The number of sulfonamides is 1. The van der Waals surface area contributed by atoms with Crippen LogP contribution in [0.4, 0.5) is 16.0 Å². The third-order valence-electron chi connectivity index (χ3n) is 4.61. The van der Waals surface area contributed by atoms with Gasteiger partial charge in [0.2, 0.25) is 5.91 Å². The zero-order valence-corrected chi connectivity index (χ0v) is 19.8. The van der Waals surface area contributed by atoms with Gasteiger partial charge in [-0.2, -0.15) is 0 Å². The van der Waals surface area contributed by atoms with Gasteiger partial charge in [-0.3, -0.25) is 9.52 Å². The van der Waals surface area contributed by atoms with E-state index in [2.05, 4.69) is 19.9 Å². The molecule has 0 saturated heterocycles.